The zero-order valence-electron chi connectivity index (χ0n) is 20.7. The smallest absolute Gasteiger partial charge is 0.198 e. The van der Waals surface area contributed by atoms with Gasteiger partial charge in [-0.25, -0.2) is 0 Å². The van der Waals surface area contributed by atoms with Crippen molar-refractivity contribution in [2.24, 2.45) is 11.5 Å². The van der Waals surface area contributed by atoms with Crippen molar-refractivity contribution in [2.45, 2.75) is 69.3 Å². The average molecular weight is 569 g/mol. The monoisotopic (exact) mass is 568 g/mol. The van der Waals surface area contributed by atoms with Gasteiger partial charge in [0.1, 0.15) is 17.3 Å². The van der Waals surface area contributed by atoms with Gasteiger partial charge >= 0.3 is 0 Å². The summed E-state index contributed by atoms with van der Waals surface area (Å²) in [7, 11) is 0. The number of ether oxygens (including phenoxy) is 2. The normalized spacial score (nSPS) is 29.8. The maximum Gasteiger partial charge on any atom is 0.198 e. The number of fused-ring (bicyclic) bond motifs is 3. The van der Waals surface area contributed by atoms with Crippen molar-refractivity contribution in [3.8, 4) is 11.5 Å². The molecule has 1 fully saturated rings. The number of hydrogen-bond acceptors (Lipinski definition) is 10. The maximum absolute atomic E-state index is 13.4. The molecule has 206 valence electrons. The summed E-state index contributed by atoms with van der Waals surface area (Å²) in [6.07, 6.45) is -3.66. The standard InChI is InChI=1S/C26H28N2O8.2ClH/c1-10-21(30)15(27)7-17(35-10)36-16-9-26(28,11(2)29)8-14-18(16)25(34)20-19(24(14)33)22(31)12-5-3-4-6-13(12)23(20)32;;/h3-6,10,15-17,21,30,33-34H,7-9,27-28H2,1-2H3;2*1H/t10-,15+,16?,17+,21+,26?;;/m1../s1. The number of aliphatic hydroxyl groups is 1. The van der Waals surface area contributed by atoms with Crippen LogP contribution in [0.3, 0.4) is 0 Å². The Morgan fingerprint density at radius 2 is 1.63 bits per heavy atom. The molecule has 2 aromatic carbocycles. The second kappa shape index (κ2) is 10.5. The number of phenols is 2. The third kappa shape index (κ3) is 4.50. The molecular weight excluding hydrogens is 539 g/mol. The average Bonchev–Trinajstić information content (AvgIpc) is 2.82. The van der Waals surface area contributed by atoms with Gasteiger partial charge < -0.3 is 36.3 Å². The molecule has 1 aliphatic heterocycles. The Morgan fingerprint density at radius 3 is 2.16 bits per heavy atom. The van der Waals surface area contributed by atoms with Gasteiger partial charge in [-0.2, -0.15) is 0 Å². The third-order valence-electron chi connectivity index (χ3n) is 7.59. The molecular formula is C26H30Cl2N2O8. The van der Waals surface area contributed by atoms with Crippen LogP contribution in [0.25, 0.3) is 0 Å². The van der Waals surface area contributed by atoms with Crippen molar-refractivity contribution < 1.29 is 39.2 Å². The highest BCUT2D eigenvalue weighted by Gasteiger charge is 2.48. The zero-order valence-corrected chi connectivity index (χ0v) is 22.3. The van der Waals surface area contributed by atoms with Crippen LogP contribution < -0.4 is 11.5 Å². The number of rotatable bonds is 3. The van der Waals surface area contributed by atoms with E-state index in [9.17, 15) is 29.7 Å². The summed E-state index contributed by atoms with van der Waals surface area (Å²) in [5.74, 6) is -2.63. The lowest BCUT2D eigenvalue weighted by atomic mass is 9.71. The van der Waals surface area contributed by atoms with Crippen LogP contribution in [0.5, 0.6) is 11.5 Å². The fraction of sp³-hybridized carbons (Fsp3) is 0.423. The first-order chi connectivity index (χ1) is 16.9. The van der Waals surface area contributed by atoms with E-state index >= 15 is 0 Å². The highest BCUT2D eigenvalue weighted by Crippen LogP contribution is 2.51. The maximum atomic E-state index is 13.4. The molecule has 6 atom stereocenters. The van der Waals surface area contributed by atoms with Crippen molar-refractivity contribution in [1.82, 2.24) is 0 Å². The first-order valence-electron chi connectivity index (χ1n) is 11.8. The molecule has 2 unspecified atom stereocenters. The second-order valence-electron chi connectivity index (χ2n) is 9.92. The molecule has 38 heavy (non-hydrogen) atoms. The van der Waals surface area contributed by atoms with Crippen LogP contribution in [0.2, 0.25) is 0 Å². The van der Waals surface area contributed by atoms with Crippen molar-refractivity contribution in [3.05, 3.63) is 57.6 Å². The second-order valence-corrected chi connectivity index (χ2v) is 9.92. The van der Waals surface area contributed by atoms with E-state index in [-0.39, 0.29) is 83.2 Å². The van der Waals surface area contributed by atoms with Crippen LogP contribution in [0, 0.1) is 0 Å². The van der Waals surface area contributed by atoms with E-state index in [2.05, 4.69) is 0 Å². The third-order valence-corrected chi connectivity index (χ3v) is 7.59. The predicted molar refractivity (Wildman–Crippen MR) is 140 cm³/mol. The van der Waals surface area contributed by atoms with Crippen LogP contribution in [0.15, 0.2) is 24.3 Å². The summed E-state index contributed by atoms with van der Waals surface area (Å²) in [4.78, 5) is 39.2. The Bertz CT molecular complexity index is 1310. The molecule has 0 amide bonds. The van der Waals surface area contributed by atoms with Crippen LogP contribution in [0.4, 0.5) is 0 Å². The molecule has 12 heteroatoms. The van der Waals surface area contributed by atoms with Gasteiger partial charge in [0.05, 0.1) is 35.0 Å². The molecule has 5 rings (SSSR count). The lowest BCUT2D eigenvalue weighted by Gasteiger charge is -2.42. The number of benzene rings is 2. The first kappa shape index (κ1) is 30.0. The predicted octanol–water partition coefficient (Wildman–Crippen LogP) is 1.83. The number of aromatic hydroxyl groups is 2. The van der Waals surface area contributed by atoms with E-state index in [1.165, 1.54) is 19.1 Å². The van der Waals surface area contributed by atoms with Gasteiger partial charge in [-0.15, -0.1) is 24.8 Å². The van der Waals surface area contributed by atoms with Crippen LogP contribution in [-0.2, 0) is 20.7 Å². The van der Waals surface area contributed by atoms with E-state index < -0.39 is 59.2 Å². The number of carbonyl (C=O) groups is 3. The minimum absolute atomic E-state index is 0. The van der Waals surface area contributed by atoms with E-state index in [0.717, 1.165) is 0 Å². The lowest BCUT2D eigenvalue weighted by Crippen LogP contribution is -2.54. The number of Topliss-reactive ketones (excluding diaryl/α,β-unsaturated/α-hetero) is 1. The van der Waals surface area contributed by atoms with Crippen molar-refractivity contribution in [2.75, 3.05) is 0 Å². The fourth-order valence-corrected chi connectivity index (χ4v) is 5.47. The molecule has 3 aliphatic rings. The van der Waals surface area contributed by atoms with Crippen LogP contribution in [-0.4, -0.2) is 62.7 Å². The number of nitrogens with two attached hydrogens (primary N) is 2. The molecule has 0 saturated carbocycles. The van der Waals surface area contributed by atoms with Crippen molar-refractivity contribution in [1.29, 1.82) is 0 Å². The van der Waals surface area contributed by atoms with E-state index in [1.54, 1.807) is 19.1 Å². The quantitative estimate of drug-likeness (QED) is 0.292. The Hall–Kier alpha value is -2.57. The molecule has 1 saturated heterocycles. The Morgan fingerprint density at radius 1 is 1.08 bits per heavy atom. The van der Waals surface area contributed by atoms with Gasteiger partial charge in [-0.1, -0.05) is 24.3 Å². The minimum Gasteiger partial charge on any atom is -0.507 e. The van der Waals surface area contributed by atoms with Gasteiger partial charge in [-0.3, -0.25) is 14.4 Å². The molecule has 0 radical (unpaired) electrons. The Labute approximate surface area is 231 Å². The van der Waals surface area contributed by atoms with Gasteiger partial charge in [0.25, 0.3) is 0 Å². The topological polar surface area (TPSA) is 182 Å². The zero-order chi connectivity index (χ0) is 26.1. The molecule has 2 aromatic rings. The van der Waals surface area contributed by atoms with Crippen molar-refractivity contribution >= 4 is 42.2 Å². The summed E-state index contributed by atoms with van der Waals surface area (Å²) in [5, 5.41) is 32.8. The van der Waals surface area contributed by atoms with Gasteiger partial charge in [0, 0.05) is 47.6 Å². The molecule has 7 N–H and O–H groups in total. The van der Waals surface area contributed by atoms with Crippen LogP contribution in [0.1, 0.15) is 75.8 Å². The minimum atomic E-state index is -1.47. The summed E-state index contributed by atoms with van der Waals surface area (Å²) < 4.78 is 11.9. The fourth-order valence-electron chi connectivity index (χ4n) is 5.47. The highest BCUT2D eigenvalue weighted by atomic mass is 35.5. The number of hydrogen-bond donors (Lipinski definition) is 5. The van der Waals surface area contributed by atoms with E-state index in [4.69, 9.17) is 20.9 Å². The highest BCUT2D eigenvalue weighted by molar-refractivity contribution is 6.30. The van der Waals surface area contributed by atoms with E-state index in [1.807, 2.05) is 0 Å². The van der Waals surface area contributed by atoms with Gasteiger partial charge in [-0.05, 0) is 13.8 Å². The Balaban J connectivity index is 0.00000200. The number of aliphatic hydroxyl groups excluding tert-OH is 1. The SMILES string of the molecule is CC(=O)C1(N)Cc2c(O)c3c(c(O)c2C(O[C@H]2C[C@H](N)[C@@H](O)[C@@H](C)O2)C1)C(=O)c1ccccc1C3=O.Cl.Cl. The van der Waals surface area contributed by atoms with Crippen LogP contribution >= 0.6 is 24.8 Å². The molecule has 0 bridgehead atoms. The molecule has 0 aromatic heterocycles. The van der Waals surface area contributed by atoms with E-state index in [0.29, 0.717) is 0 Å². The number of halogens is 2. The van der Waals surface area contributed by atoms with Crippen molar-refractivity contribution in [3.63, 3.8) is 0 Å². The Kier molecular flexibility index (Phi) is 8.31. The summed E-state index contributed by atoms with van der Waals surface area (Å²) in [6.45, 7) is 2.95. The summed E-state index contributed by atoms with van der Waals surface area (Å²) >= 11 is 0. The molecule has 0 spiro atoms. The van der Waals surface area contributed by atoms with Gasteiger partial charge in [0.2, 0.25) is 0 Å². The molecule has 10 nitrogen and oxygen atoms in total. The summed E-state index contributed by atoms with van der Waals surface area (Å²) in [5.41, 5.74) is 10.7. The largest absolute Gasteiger partial charge is 0.507 e. The summed E-state index contributed by atoms with van der Waals surface area (Å²) in [6, 6.07) is 5.51. The first-order valence-corrected chi connectivity index (χ1v) is 11.8. The van der Waals surface area contributed by atoms with Gasteiger partial charge in [0.15, 0.2) is 17.9 Å². The molecule has 1 heterocycles. The number of ketones is 3. The molecule has 2 aliphatic carbocycles. The lowest BCUT2D eigenvalue weighted by molar-refractivity contribution is -0.243. The number of phenolic OH excluding ortho intramolecular Hbond substituents is 2. The number of carbonyl (C=O) groups excluding carboxylic acids is 3.